The van der Waals surface area contributed by atoms with Crippen molar-refractivity contribution in [1.29, 1.82) is 5.26 Å². The summed E-state index contributed by atoms with van der Waals surface area (Å²) in [6.45, 7) is -2.65. The van der Waals surface area contributed by atoms with E-state index in [0.29, 0.717) is 18.9 Å². The lowest BCUT2D eigenvalue weighted by Gasteiger charge is -2.22. The number of benzene rings is 1. The van der Waals surface area contributed by atoms with Crippen molar-refractivity contribution in [2.24, 2.45) is 0 Å². The van der Waals surface area contributed by atoms with Gasteiger partial charge in [0.1, 0.15) is 13.1 Å². The Morgan fingerprint density at radius 3 is 2.40 bits per heavy atom. The molecular weight excluding hydrogens is 465 g/mol. The lowest BCUT2D eigenvalue weighted by atomic mass is 10.1. The Morgan fingerprint density at radius 1 is 1.17 bits per heavy atom. The first kappa shape index (κ1) is 26.2. The number of unbranched alkanes of at least 4 members (excludes halogenated alkanes) is 2. The second-order valence-electron chi connectivity index (χ2n) is 5.90. The molecule has 4 nitrogen and oxygen atoms in total. The zero-order chi connectivity index (χ0) is 22.9. The normalized spacial score (nSPS) is 11.8. The highest BCUT2D eigenvalue weighted by atomic mass is 35.5. The minimum absolute atomic E-state index is 0.0900. The number of nitrogens with zero attached hydrogens (tertiary/aromatic N) is 2. The highest BCUT2D eigenvalue weighted by Crippen LogP contribution is 2.31. The number of alkyl halides is 6. The van der Waals surface area contributed by atoms with E-state index in [1.54, 1.807) is 0 Å². The second-order valence-corrected chi connectivity index (χ2v) is 7.47. The molecular formula is C17H16ClF7N2O2S. The number of rotatable bonds is 10. The molecule has 0 aromatic heterocycles. The molecule has 0 saturated carbocycles. The molecule has 0 aliphatic carbocycles. The summed E-state index contributed by atoms with van der Waals surface area (Å²) in [6.07, 6.45) is -3.85. The number of amides is 1. The van der Waals surface area contributed by atoms with Gasteiger partial charge < -0.3 is 9.64 Å². The average Bonchev–Trinajstić information content (AvgIpc) is 2.59. The molecule has 0 spiro atoms. The van der Waals surface area contributed by atoms with Crippen LogP contribution in [-0.4, -0.2) is 47.9 Å². The van der Waals surface area contributed by atoms with Gasteiger partial charge in [0.25, 0.3) is 5.91 Å². The molecule has 0 N–H and O–H groups in total. The standard InChI is InChI=1S/C17H16ClF7N2O2S/c18-12-9-13(19)14(29-6-2-1-3-7-30-17(23,24)25)8-11(12)15(28)27(5-4-26)10-16(20,21)22/h8-9H,1-3,5-7,10H2. The highest BCUT2D eigenvalue weighted by Gasteiger charge is 2.34. The van der Waals surface area contributed by atoms with Gasteiger partial charge in [-0.1, -0.05) is 23.4 Å². The summed E-state index contributed by atoms with van der Waals surface area (Å²) >= 11 is 5.61. The van der Waals surface area contributed by atoms with Crippen molar-refractivity contribution in [3.63, 3.8) is 0 Å². The number of nitriles is 1. The number of hydrogen-bond donors (Lipinski definition) is 0. The van der Waals surface area contributed by atoms with E-state index in [0.717, 1.165) is 6.07 Å². The Kier molecular flexibility index (Phi) is 10.0. The van der Waals surface area contributed by atoms with Gasteiger partial charge in [-0.05, 0) is 31.4 Å². The fraction of sp³-hybridized carbons (Fsp3) is 0.529. The van der Waals surface area contributed by atoms with E-state index >= 15 is 0 Å². The smallest absolute Gasteiger partial charge is 0.441 e. The quantitative estimate of drug-likeness (QED) is 0.241. The van der Waals surface area contributed by atoms with E-state index in [-0.39, 0.29) is 35.4 Å². The van der Waals surface area contributed by atoms with Crippen LogP contribution in [0.5, 0.6) is 5.75 Å². The number of ether oxygens (including phenoxy) is 1. The van der Waals surface area contributed by atoms with Crippen LogP contribution in [0.25, 0.3) is 0 Å². The largest absolute Gasteiger partial charge is 0.490 e. The summed E-state index contributed by atoms with van der Waals surface area (Å²) in [5.41, 5.74) is -4.79. The van der Waals surface area contributed by atoms with E-state index in [4.69, 9.17) is 21.6 Å². The molecule has 168 valence electrons. The molecule has 1 aromatic carbocycles. The zero-order valence-corrected chi connectivity index (χ0v) is 16.8. The van der Waals surface area contributed by atoms with Crippen molar-refractivity contribution in [2.45, 2.75) is 30.9 Å². The van der Waals surface area contributed by atoms with Gasteiger partial charge in [-0.2, -0.15) is 31.6 Å². The van der Waals surface area contributed by atoms with Crippen molar-refractivity contribution < 1.29 is 40.3 Å². The fourth-order valence-corrected chi connectivity index (χ4v) is 3.04. The van der Waals surface area contributed by atoms with Crippen LogP contribution < -0.4 is 4.74 Å². The summed E-state index contributed by atoms with van der Waals surface area (Å²) in [4.78, 5) is 12.6. The van der Waals surface area contributed by atoms with Crippen molar-refractivity contribution in [2.75, 3.05) is 25.4 Å². The van der Waals surface area contributed by atoms with Gasteiger partial charge in [-0.3, -0.25) is 4.79 Å². The van der Waals surface area contributed by atoms with Crippen LogP contribution in [-0.2, 0) is 0 Å². The lowest BCUT2D eigenvalue weighted by molar-refractivity contribution is -0.139. The molecule has 1 aromatic rings. The Morgan fingerprint density at radius 2 is 1.83 bits per heavy atom. The maximum Gasteiger partial charge on any atom is 0.441 e. The van der Waals surface area contributed by atoms with Crippen LogP contribution in [0.1, 0.15) is 29.6 Å². The predicted molar refractivity (Wildman–Crippen MR) is 96.8 cm³/mol. The maximum absolute atomic E-state index is 14.0. The van der Waals surface area contributed by atoms with Crippen molar-refractivity contribution in [1.82, 2.24) is 4.90 Å². The molecule has 0 bridgehead atoms. The van der Waals surface area contributed by atoms with Crippen LogP contribution in [0.15, 0.2) is 12.1 Å². The van der Waals surface area contributed by atoms with Gasteiger partial charge in [0.2, 0.25) is 0 Å². The van der Waals surface area contributed by atoms with Crippen molar-refractivity contribution >= 4 is 29.3 Å². The van der Waals surface area contributed by atoms with Gasteiger partial charge in [0, 0.05) is 5.75 Å². The minimum atomic E-state index is -4.76. The second kappa shape index (κ2) is 11.5. The van der Waals surface area contributed by atoms with E-state index in [1.807, 2.05) is 0 Å². The molecule has 0 aliphatic heterocycles. The van der Waals surface area contributed by atoms with E-state index in [9.17, 15) is 35.5 Å². The van der Waals surface area contributed by atoms with Gasteiger partial charge >= 0.3 is 11.7 Å². The zero-order valence-electron chi connectivity index (χ0n) is 15.2. The summed E-state index contributed by atoms with van der Waals surface area (Å²) < 4.78 is 93.0. The maximum atomic E-state index is 14.0. The Labute approximate surface area is 176 Å². The van der Waals surface area contributed by atoms with Crippen LogP contribution in [0.3, 0.4) is 0 Å². The lowest BCUT2D eigenvalue weighted by Crippen LogP contribution is -2.39. The van der Waals surface area contributed by atoms with E-state index < -0.39 is 52.8 Å². The van der Waals surface area contributed by atoms with Crippen LogP contribution in [0.2, 0.25) is 5.02 Å². The van der Waals surface area contributed by atoms with Crippen molar-refractivity contribution in [3.8, 4) is 11.8 Å². The Hall–Kier alpha value is -1.87. The SMILES string of the molecule is N#CCN(CC(F)(F)F)C(=O)c1cc(OCCCCCSC(F)(F)F)c(F)cc1Cl. The Bertz CT molecular complexity index is 766. The van der Waals surface area contributed by atoms with Gasteiger partial charge in [-0.25, -0.2) is 4.39 Å². The van der Waals surface area contributed by atoms with Crippen molar-refractivity contribution in [3.05, 3.63) is 28.5 Å². The van der Waals surface area contributed by atoms with Crippen LogP contribution in [0, 0.1) is 17.1 Å². The van der Waals surface area contributed by atoms with Crippen LogP contribution in [0.4, 0.5) is 30.7 Å². The molecule has 0 saturated heterocycles. The number of carbonyl (C=O) groups excluding carboxylic acids is 1. The first-order chi connectivity index (χ1) is 13.8. The predicted octanol–water partition coefficient (Wildman–Crippen LogP) is 5.81. The van der Waals surface area contributed by atoms with E-state index in [1.165, 1.54) is 6.07 Å². The van der Waals surface area contributed by atoms with Crippen LogP contribution >= 0.6 is 23.4 Å². The first-order valence-electron chi connectivity index (χ1n) is 8.39. The minimum Gasteiger partial charge on any atom is -0.490 e. The summed E-state index contributed by atoms with van der Waals surface area (Å²) in [5.74, 6) is -2.78. The number of thioether (sulfide) groups is 1. The summed E-state index contributed by atoms with van der Waals surface area (Å²) in [5, 5.41) is 8.19. The molecule has 13 heteroatoms. The number of hydrogen-bond acceptors (Lipinski definition) is 4. The molecule has 1 amide bonds. The third-order valence-corrected chi connectivity index (χ3v) is 4.62. The molecule has 30 heavy (non-hydrogen) atoms. The summed E-state index contributed by atoms with van der Waals surface area (Å²) in [6, 6.07) is 2.97. The monoisotopic (exact) mass is 480 g/mol. The van der Waals surface area contributed by atoms with Gasteiger partial charge in [-0.15, -0.1) is 0 Å². The van der Waals surface area contributed by atoms with E-state index in [2.05, 4.69) is 0 Å². The third kappa shape index (κ3) is 9.75. The van der Waals surface area contributed by atoms with Gasteiger partial charge in [0.15, 0.2) is 11.6 Å². The molecule has 0 heterocycles. The topological polar surface area (TPSA) is 53.3 Å². The first-order valence-corrected chi connectivity index (χ1v) is 9.76. The third-order valence-electron chi connectivity index (χ3n) is 3.48. The molecule has 0 atom stereocenters. The fourth-order valence-electron chi connectivity index (χ4n) is 2.23. The molecule has 0 aliphatic rings. The Balaban J connectivity index is 2.74. The van der Waals surface area contributed by atoms with Gasteiger partial charge in [0.05, 0.1) is 23.3 Å². The highest BCUT2D eigenvalue weighted by molar-refractivity contribution is 8.00. The summed E-state index contributed by atoms with van der Waals surface area (Å²) in [7, 11) is 0. The number of halogens is 8. The average molecular weight is 481 g/mol. The molecule has 0 fully saturated rings. The number of carbonyl (C=O) groups is 1. The molecule has 0 unspecified atom stereocenters. The molecule has 0 radical (unpaired) electrons. The molecule has 1 rings (SSSR count).